The van der Waals surface area contributed by atoms with Crippen LogP contribution in [0.1, 0.15) is 26.3 Å². The highest BCUT2D eigenvalue weighted by atomic mass is 35.5. The van der Waals surface area contributed by atoms with Gasteiger partial charge >= 0.3 is 0 Å². The number of piperazine rings is 1. The number of ether oxygens (including phenoxy) is 1. The first-order valence-corrected chi connectivity index (χ1v) is 9.44. The summed E-state index contributed by atoms with van der Waals surface area (Å²) in [5.41, 5.74) is 1.24. The van der Waals surface area contributed by atoms with E-state index in [1.54, 1.807) is 11.8 Å². The lowest BCUT2D eigenvalue weighted by atomic mass is 10.1. The summed E-state index contributed by atoms with van der Waals surface area (Å²) in [5.74, 6) is 0.778. The molecule has 1 heterocycles. The molecular formula is C20H32ClN3O3. The first kappa shape index (κ1) is 23.2. The zero-order chi connectivity index (χ0) is 19.1. The van der Waals surface area contributed by atoms with Crippen LogP contribution in [0.2, 0.25) is 0 Å². The number of carbonyl (C=O) groups excluding carboxylic acids is 2. The molecule has 2 amide bonds. The van der Waals surface area contributed by atoms with E-state index in [1.807, 2.05) is 43.1 Å². The van der Waals surface area contributed by atoms with E-state index in [2.05, 4.69) is 12.2 Å². The van der Waals surface area contributed by atoms with Gasteiger partial charge < -0.3 is 19.9 Å². The maximum absolute atomic E-state index is 12.6. The predicted molar refractivity (Wildman–Crippen MR) is 109 cm³/mol. The van der Waals surface area contributed by atoms with E-state index in [0.29, 0.717) is 38.5 Å². The van der Waals surface area contributed by atoms with E-state index in [1.165, 1.54) is 5.56 Å². The molecule has 0 spiro atoms. The highest BCUT2D eigenvalue weighted by molar-refractivity contribution is 5.85. The number of nitrogens with zero attached hydrogens (tertiary/aromatic N) is 2. The summed E-state index contributed by atoms with van der Waals surface area (Å²) in [6.45, 7) is 8.75. The molecule has 1 aromatic rings. The fourth-order valence-corrected chi connectivity index (χ4v) is 3.17. The maximum Gasteiger partial charge on any atom is 0.263 e. The van der Waals surface area contributed by atoms with Gasteiger partial charge in [-0.25, -0.2) is 0 Å². The molecule has 1 aromatic carbocycles. The van der Waals surface area contributed by atoms with Crippen LogP contribution in [0.15, 0.2) is 24.3 Å². The fraction of sp³-hybridized carbons (Fsp3) is 0.600. The molecule has 6 nitrogen and oxygen atoms in total. The van der Waals surface area contributed by atoms with Gasteiger partial charge in [0.05, 0.1) is 0 Å². The molecule has 0 aromatic heterocycles. The van der Waals surface area contributed by atoms with Crippen LogP contribution >= 0.6 is 12.4 Å². The summed E-state index contributed by atoms with van der Waals surface area (Å²) in [4.78, 5) is 28.6. The number of rotatable bonds is 7. The molecule has 1 N–H and O–H groups in total. The minimum Gasteiger partial charge on any atom is -0.481 e. The molecular weight excluding hydrogens is 366 g/mol. The fourth-order valence-electron chi connectivity index (χ4n) is 3.17. The molecule has 7 heteroatoms. The first-order chi connectivity index (χ1) is 12.5. The third-order valence-corrected chi connectivity index (χ3v) is 4.83. The summed E-state index contributed by atoms with van der Waals surface area (Å²) in [6, 6.07) is 7.84. The van der Waals surface area contributed by atoms with Crippen molar-refractivity contribution >= 4 is 24.2 Å². The lowest BCUT2D eigenvalue weighted by Gasteiger charge is -2.37. The van der Waals surface area contributed by atoms with Gasteiger partial charge in [-0.1, -0.05) is 26.0 Å². The second-order valence-corrected chi connectivity index (χ2v) is 6.87. The number of halogens is 1. The summed E-state index contributed by atoms with van der Waals surface area (Å²) in [5, 5.41) is 3.03. The summed E-state index contributed by atoms with van der Waals surface area (Å²) < 4.78 is 5.79. The Morgan fingerprint density at radius 3 is 2.04 bits per heavy atom. The van der Waals surface area contributed by atoms with Crippen LogP contribution in [0, 0.1) is 5.92 Å². The Kier molecular flexibility index (Phi) is 9.60. The quantitative estimate of drug-likeness (QED) is 0.764. The minimum absolute atomic E-state index is 0. The Labute approximate surface area is 168 Å². The van der Waals surface area contributed by atoms with Crippen LogP contribution in [0.25, 0.3) is 0 Å². The van der Waals surface area contributed by atoms with E-state index < -0.39 is 6.10 Å². The Balaban J connectivity index is 0.00000364. The largest absolute Gasteiger partial charge is 0.481 e. The molecule has 0 saturated carbocycles. The molecule has 1 aliphatic rings. The monoisotopic (exact) mass is 397 g/mol. The van der Waals surface area contributed by atoms with Gasteiger partial charge in [-0.05, 0) is 38.1 Å². The second-order valence-electron chi connectivity index (χ2n) is 6.87. The van der Waals surface area contributed by atoms with Crippen molar-refractivity contribution < 1.29 is 14.3 Å². The van der Waals surface area contributed by atoms with Gasteiger partial charge in [-0.3, -0.25) is 9.59 Å². The van der Waals surface area contributed by atoms with Crippen molar-refractivity contribution in [1.82, 2.24) is 15.1 Å². The predicted octanol–water partition coefficient (Wildman–Crippen LogP) is 1.96. The van der Waals surface area contributed by atoms with E-state index in [9.17, 15) is 9.59 Å². The van der Waals surface area contributed by atoms with Crippen molar-refractivity contribution in [3.8, 4) is 5.75 Å². The van der Waals surface area contributed by atoms with Gasteiger partial charge in [0.1, 0.15) is 5.75 Å². The van der Waals surface area contributed by atoms with Gasteiger partial charge in [0, 0.05) is 38.6 Å². The van der Waals surface area contributed by atoms with Crippen molar-refractivity contribution in [3.63, 3.8) is 0 Å². The minimum atomic E-state index is -0.534. The van der Waals surface area contributed by atoms with Crippen molar-refractivity contribution in [2.75, 3.05) is 39.8 Å². The van der Waals surface area contributed by atoms with E-state index >= 15 is 0 Å². The van der Waals surface area contributed by atoms with Gasteiger partial charge in [-0.2, -0.15) is 0 Å². The molecule has 1 aliphatic heterocycles. The van der Waals surface area contributed by atoms with E-state index in [-0.39, 0.29) is 30.1 Å². The SMILES string of the molecule is CCc1ccc(OC(C)C(=O)N2CCN(C(=O)C(C)CNC)CC2)cc1.Cl. The molecule has 0 bridgehead atoms. The summed E-state index contributed by atoms with van der Waals surface area (Å²) in [7, 11) is 1.84. The highest BCUT2D eigenvalue weighted by Crippen LogP contribution is 2.16. The molecule has 27 heavy (non-hydrogen) atoms. The first-order valence-electron chi connectivity index (χ1n) is 9.44. The number of nitrogens with one attached hydrogen (secondary N) is 1. The van der Waals surface area contributed by atoms with Crippen LogP contribution in [0.3, 0.4) is 0 Å². The Bertz CT molecular complexity index is 601. The maximum atomic E-state index is 12.6. The van der Waals surface area contributed by atoms with Gasteiger partial charge in [0.25, 0.3) is 5.91 Å². The lowest BCUT2D eigenvalue weighted by Crippen LogP contribution is -2.54. The van der Waals surface area contributed by atoms with Crippen molar-refractivity contribution in [1.29, 1.82) is 0 Å². The van der Waals surface area contributed by atoms with Gasteiger partial charge in [0.15, 0.2) is 6.10 Å². The Morgan fingerprint density at radius 1 is 1.04 bits per heavy atom. The van der Waals surface area contributed by atoms with Crippen LogP contribution in [-0.4, -0.2) is 67.5 Å². The third kappa shape index (κ3) is 6.40. The molecule has 2 rings (SSSR count). The van der Waals surface area contributed by atoms with E-state index in [4.69, 9.17) is 4.74 Å². The molecule has 1 fully saturated rings. The molecule has 0 radical (unpaired) electrons. The third-order valence-electron chi connectivity index (χ3n) is 4.83. The Morgan fingerprint density at radius 2 is 1.56 bits per heavy atom. The summed E-state index contributed by atoms with van der Waals surface area (Å²) >= 11 is 0. The van der Waals surface area contributed by atoms with Gasteiger partial charge in [0.2, 0.25) is 5.91 Å². The van der Waals surface area contributed by atoms with E-state index in [0.717, 1.165) is 6.42 Å². The average Bonchev–Trinajstić information content (AvgIpc) is 2.67. The van der Waals surface area contributed by atoms with Crippen molar-refractivity contribution in [2.24, 2.45) is 5.92 Å². The van der Waals surface area contributed by atoms with Crippen LogP contribution in [0.4, 0.5) is 0 Å². The smallest absolute Gasteiger partial charge is 0.263 e. The zero-order valence-electron chi connectivity index (χ0n) is 16.7. The lowest BCUT2D eigenvalue weighted by molar-refractivity contribution is -0.145. The zero-order valence-corrected chi connectivity index (χ0v) is 17.6. The number of benzene rings is 1. The normalized spacial score (nSPS) is 16.3. The summed E-state index contributed by atoms with van der Waals surface area (Å²) in [6.07, 6.45) is 0.443. The van der Waals surface area contributed by atoms with Crippen LogP contribution < -0.4 is 10.1 Å². The number of hydrogen-bond donors (Lipinski definition) is 1. The molecule has 1 saturated heterocycles. The number of amides is 2. The number of hydrogen-bond acceptors (Lipinski definition) is 4. The number of aryl methyl sites for hydroxylation is 1. The molecule has 0 aliphatic carbocycles. The topological polar surface area (TPSA) is 61.9 Å². The molecule has 2 unspecified atom stereocenters. The second kappa shape index (κ2) is 11.1. The van der Waals surface area contributed by atoms with Crippen molar-refractivity contribution in [2.45, 2.75) is 33.3 Å². The molecule has 2 atom stereocenters. The average molecular weight is 398 g/mol. The highest BCUT2D eigenvalue weighted by Gasteiger charge is 2.29. The van der Waals surface area contributed by atoms with Crippen LogP contribution in [-0.2, 0) is 16.0 Å². The molecule has 152 valence electrons. The Hall–Kier alpha value is -1.79. The number of carbonyl (C=O) groups is 2. The van der Waals surface area contributed by atoms with Crippen molar-refractivity contribution in [3.05, 3.63) is 29.8 Å². The standard InChI is InChI=1S/C20H31N3O3.ClH/c1-5-17-6-8-18(9-7-17)26-16(3)20(25)23-12-10-22(11-13-23)19(24)15(2)14-21-4;/h6-9,15-16,21H,5,10-14H2,1-4H3;1H. The van der Waals surface area contributed by atoms with Gasteiger partial charge in [-0.15, -0.1) is 12.4 Å². The van der Waals surface area contributed by atoms with Crippen LogP contribution in [0.5, 0.6) is 5.75 Å².